The molecule has 3 aromatic carbocycles. The van der Waals surface area contributed by atoms with Crippen molar-refractivity contribution in [1.29, 1.82) is 0 Å². The number of benzene rings is 3. The third-order valence-electron chi connectivity index (χ3n) is 4.66. The molecule has 0 bridgehead atoms. The van der Waals surface area contributed by atoms with Crippen molar-refractivity contribution in [1.82, 2.24) is 5.32 Å². The number of anilines is 1. The number of sulfonamides is 1. The van der Waals surface area contributed by atoms with Gasteiger partial charge in [-0.1, -0.05) is 42.5 Å². The Bertz CT molecular complexity index is 1100. The van der Waals surface area contributed by atoms with Crippen molar-refractivity contribution < 1.29 is 17.9 Å². The average molecular weight is 440 g/mol. The van der Waals surface area contributed by atoms with Crippen LogP contribution in [-0.4, -0.2) is 20.9 Å². The summed E-state index contributed by atoms with van der Waals surface area (Å²) in [5.41, 5.74) is 2.60. The molecule has 0 aliphatic carbocycles. The lowest BCUT2D eigenvalue weighted by atomic mass is 10.1. The Kier molecular flexibility index (Phi) is 7.41. The van der Waals surface area contributed by atoms with E-state index in [1.807, 2.05) is 49.4 Å². The van der Waals surface area contributed by atoms with Gasteiger partial charge in [0.25, 0.3) is 0 Å². The molecule has 8 heteroatoms. The first-order valence-electron chi connectivity index (χ1n) is 9.74. The molecule has 0 aliphatic heterocycles. The summed E-state index contributed by atoms with van der Waals surface area (Å²) in [5, 5.41) is 11.0. The Morgan fingerprint density at radius 2 is 1.61 bits per heavy atom. The Hall–Kier alpha value is -3.20. The first-order valence-corrected chi connectivity index (χ1v) is 11.3. The lowest BCUT2D eigenvalue weighted by Crippen LogP contribution is -2.30. The molecule has 0 saturated carbocycles. The van der Waals surface area contributed by atoms with Crippen molar-refractivity contribution in [2.24, 2.45) is 5.14 Å². The van der Waals surface area contributed by atoms with E-state index in [1.54, 1.807) is 24.3 Å². The molecular formula is C23H25N3O4S. The van der Waals surface area contributed by atoms with Gasteiger partial charge in [0.2, 0.25) is 15.9 Å². The van der Waals surface area contributed by atoms with E-state index >= 15 is 0 Å². The highest BCUT2D eigenvalue weighted by Gasteiger charge is 2.11. The van der Waals surface area contributed by atoms with Crippen LogP contribution in [0.2, 0.25) is 0 Å². The molecule has 0 aromatic heterocycles. The molecule has 3 aromatic rings. The summed E-state index contributed by atoms with van der Waals surface area (Å²) in [6.45, 7) is 2.47. The van der Waals surface area contributed by atoms with Crippen molar-refractivity contribution in [2.75, 3.05) is 11.9 Å². The molecule has 0 saturated heterocycles. The van der Waals surface area contributed by atoms with E-state index in [2.05, 4.69) is 10.6 Å². The van der Waals surface area contributed by atoms with Crippen LogP contribution in [0.1, 0.15) is 24.1 Å². The van der Waals surface area contributed by atoms with Gasteiger partial charge in [0.1, 0.15) is 12.4 Å². The van der Waals surface area contributed by atoms with Crippen LogP contribution in [0.5, 0.6) is 5.75 Å². The van der Waals surface area contributed by atoms with Crippen LogP contribution in [0.4, 0.5) is 5.69 Å². The molecule has 4 N–H and O–H groups in total. The highest BCUT2D eigenvalue weighted by atomic mass is 32.2. The third-order valence-corrected chi connectivity index (χ3v) is 5.59. The lowest BCUT2D eigenvalue weighted by Gasteiger charge is -2.15. The molecule has 7 nitrogen and oxygen atoms in total. The number of carbonyl (C=O) groups is 1. The number of hydrogen-bond donors (Lipinski definition) is 3. The largest absolute Gasteiger partial charge is 0.489 e. The van der Waals surface area contributed by atoms with Crippen molar-refractivity contribution in [3.05, 3.63) is 90.0 Å². The standard InChI is InChI=1S/C23H25N3O4S/c1-17(19-7-13-22(14-8-19)31(24,28)29)25-15-23(27)26-20-9-11-21(12-10-20)30-16-18-5-3-2-4-6-18/h2-14,17,25H,15-16H2,1H3,(H,26,27)(H2,24,28,29)/t17-/m1/s1. The summed E-state index contributed by atoms with van der Waals surface area (Å²) < 4.78 is 28.4. The smallest absolute Gasteiger partial charge is 0.238 e. The second-order valence-electron chi connectivity index (χ2n) is 7.06. The van der Waals surface area contributed by atoms with Crippen LogP contribution >= 0.6 is 0 Å². The maximum absolute atomic E-state index is 12.2. The molecule has 3 rings (SSSR count). The minimum absolute atomic E-state index is 0.0531. The molecule has 0 heterocycles. The van der Waals surface area contributed by atoms with E-state index in [-0.39, 0.29) is 23.4 Å². The highest BCUT2D eigenvalue weighted by molar-refractivity contribution is 7.89. The Morgan fingerprint density at radius 1 is 0.968 bits per heavy atom. The minimum Gasteiger partial charge on any atom is -0.489 e. The lowest BCUT2D eigenvalue weighted by molar-refractivity contribution is -0.115. The monoisotopic (exact) mass is 439 g/mol. The number of carbonyl (C=O) groups excluding carboxylic acids is 1. The Morgan fingerprint density at radius 3 is 2.23 bits per heavy atom. The fourth-order valence-corrected chi connectivity index (χ4v) is 3.41. The van der Waals surface area contributed by atoms with Gasteiger partial charge in [0.05, 0.1) is 11.4 Å². The van der Waals surface area contributed by atoms with Gasteiger partial charge in [-0.2, -0.15) is 0 Å². The second-order valence-corrected chi connectivity index (χ2v) is 8.62. The molecule has 0 spiro atoms. The van der Waals surface area contributed by atoms with Gasteiger partial charge in [0.15, 0.2) is 0 Å². The van der Waals surface area contributed by atoms with E-state index in [9.17, 15) is 13.2 Å². The number of hydrogen-bond acceptors (Lipinski definition) is 5. The predicted molar refractivity (Wildman–Crippen MR) is 120 cm³/mol. The summed E-state index contributed by atoms with van der Waals surface area (Å²) in [4.78, 5) is 12.3. The quantitative estimate of drug-likeness (QED) is 0.474. The van der Waals surface area contributed by atoms with Crippen LogP contribution in [-0.2, 0) is 21.4 Å². The van der Waals surface area contributed by atoms with Gasteiger partial charge >= 0.3 is 0 Å². The molecule has 1 amide bonds. The summed E-state index contributed by atoms with van der Waals surface area (Å²) in [6, 6.07) is 23.2. The third kappa shape index (κ3) is 6.92. The van der Waals surface area contributed by atoms with E-state index in [1.165, 1.54) is 12.1 Å². The van der Waals surface area contributed by atoms with Crippen molar-refractivity contribution in [3.8, 4) is 5.75 Å². The number of nitrogens with two attached hydrogens (primary N) is 1. The molecule has 0 aliphatic rings. The van der Waals surface area contributed by atoms with Gasteiger partial charge < -0.3 is 15.4 Å². The van der Waals surface area contributed by atoms with Crippen LogP contribution in [0.3, 0.4) is 0 Å². The molecule has 1 atom stereocenters. The zero-order chi connectivity index (χ0) is 22.3. The van der Waals surface area contributed by atoms with E-state index < -0.39 is 10.0 Å². The van der Waals surface area contributed by atoms with E-state index in [0.29, 0.717) is 12.3 Å². The van der Waals surface area contributed by atoms with Gasteiger partial charge in [-0.05, 0) is 54.4 Å². The zero-order valence-corrected chi connectivity index (χ0v) is 17.9. The Balaban J connectivity index is 1.45. The number of primary sulfonamides is 1. The molecular weight excluding hydrogens is 414 g/mol. The van der Waals surface area contributed by atoms with Crippen molar-refractivity contribution in [2.45, 2.75) is 24.5 Å². The Labute approximate surface area is 182 Å². The zero-order valence-electron chi connectivity index (χ0n) is 17.1. The van der Waals surface area contributed by atoms with Crippen LogP contribution < -0.4 is 20.5 Å². The van der Waals surface area contributed by atoms with Gasteiger partial charge in [0, 0.05) is 11.7 Å². The summed E-state index contributed by atoms with van der Waals surface area (Å²) in [6.07, 6.45) is 0. The van der Waals surface area contributed by atoms with Gasteiger partial charge in [-0.15, -0.1) is 0 Å². The van der Waals surface area contributed by atoms with E-state index in [4.69, 9.17) is 9.88 Å². The topological polar surface area (TPSA) is 111 Å². The second kappa shape index (κ2) is 10.2. The van der Waals surface area contributed by atoms with Crippen molar-refractivity contribution in [3.63, 3.8) is 0 Å². The number of rotatable bonds is 9. The molecule has 0 unspecified atom stereocenters. The number of ether oxygens (including phenoxy) is 1. The highest BCUT2D eigenvalue weighted by Crippen LogP contribution is 2.18. The van der Waals surface area contributed by atoms with Crippen LogP contribution in [0, 0.1) is 0 Å². The number of amides is 1. The first-order chi connectivity index (χ1) is 14.8. The fourth-order valence-electron chi connectivity index (χ4n) is 2.89. The van der Waals surface area contributed by atoms with Gasteiger partial charge in [-0.25, -0.2) is 13.6 Å². The molecule has 0 fully saturated rings. The SMILES string of the molecule is C[C@@H](NCC(=O)Nc1ccc(OCc2ccccc2)cc1)c1ccc(S(N)(=O)=O)cc1. The first kappa shape index (κ1) is 22.5. The predicted octanol–water partition coefficient (Wildman–Crippen LogP) is 3.20. The van der Waals surface area contributed by atoms with Crippen molar-refractivity contribution >= 4 is 21.6 Å². The molecule has 162 valence electrons. The fraction of sp³-hybridized carbons (Fsp3) is 0.174. The maximum atomic E-state index is 12.2. The van der Waals surface area contributed by atoms with E-state index in [0.717, 1.165) is 16.9 Å². The summed E-state index contributed by atoms with van der Waals surface area (Å²) in [5.74, 6) is 0.530. The average Bonchev–Trinajstić information content (AvgIpc) is 2.77. The summed E-state index contributed by atoms with van der Waals surface area (Å²) >= 11 is 0. The normalized spacial score (nSPS) is 12.2. The van der Waals surface area contributed by atoms with Crippen LogP contribution in [0.15, 0.2) is 83.8 Å². The summed E-state index contributed by atoms with van der Waals surface area (Å²) in [7, 11) is -3.72. The van der Waals surface area contributed by atoms with Gasteiger partial charge in [-0.3, -0.25) is 4.79 Å². The molecule has 0 radical (unpaired) electrons. The molecule has 31 heavy (non-hydrogen) atoms. The minimum atomic E-state index is -3.72. The number of nitrogens with one attached hydrogen (secondary N) is 2. The van der Waals surface area contributed by atoms with Crippen LogP contribution in [0.25, 0.3) is 0 Å². The maximum Gasteiger partial charge on any atom is 0.238 e.